The first-order chi connectivity index (χ1) is 21.0. The molecule has 3 atom stereocenters. The van der Waals surface area contributed by atoms with Crippen LogP contribution in [0.25, 0.3) is 0 Å². The van der Waals surface area contributed by atoms with Crippen LogP contribution >= 0.6 is 0 Å². The van der Waals surface area contributed by atoms with E-state index in [0.29, 0.717) is 18.8 Å². The first-order valence-corrected chi connectivity index (χ1v) is 17.3. The van der Waals surface area contributed by atoms with Crippen molar-refractivity contribution in [1.82, 2.24) is 20.7 Å². The molecule has 10 nitrogen and oxygen atoms in total. The van der Waals surface area contributed by atoms with Gasteiger partial charge in [-0.15, -0.1) is 0 Å². The fourth-order valence-electron chi connectivity index (χ4n) is 5.91. The first-order valence-electron chi connectivity index (χ1n) is 15.7. The third-order valence-corrected chi connectivity index (χ3v) is 10.5. The summed E-state index contributed by atoms with van der Waals surface area (Å²) in [4.78, 5) is 29.0. The zero-order chi connectivity index (χ0) is 31.9. The molecule has 1 unspecified atom stereocenters. The van der Waals surface area contributed by atoms with E-state index in [1.807, 2.05) is 62.9 Å². The van der Waals surface area contributed by atoms with Crippen molar-refractivity contribution in [2.75, 3.05) is 32.8 Å². The summed E-state index contributed by atoms with van der Waals surface area (Å²) in [6.45, 7) is 9.72. The van der Waals surface area contributed by atoms with Gasteiger partial charge in [-0.1, -0.05) is 58.0 Å². The molecule has 0 radical (unpaired) electrons. The Morgan fingerprint density at radius 2 is 1.75 bits per heavy atom. The zero-order valence-electron chi connectivity index (χ0n) is 26.4. The summed E-state index contributed by atoms with van der Waals surface area (Å²) in [6.07, 6.45) is 1.97. The SMILES string of the molecule is CC(C)CC(=O)N(NC(=O)CN1CCCC1)[C@@H](Cc1ccccc1)[C@H](O)CNC(C(C)C)S(=O)(=O)c1ccc2c(c1)CCO2. The minimum atomic E-state index is -3.82. The third-order valence-electron chi connectivity index (χ3n) is 8.18. The highest BCUT2D eigenvalue weighted by Gasteiger charge is 2.36. The predicted octanol–water partition coefficient (Wildman–Crippen LogP) is 2.94. The van der Waals surface area contributed by atoms with E-state index in [-0.39, 0.29) is 54.5 Å². The lowest BCUT2D eigenvalue weighted by molar-refractivity contribution is -0.148. The summed E-state index contributed by atoms with van der Waals surface area (Å²) < 4.78 is 33.2. The maximum atomic E-state index is 13.8. The Bertz CT molecular complexity index is 1360. The number of benzene rings is 2. The Balaban J connectivity index is 1.57. The summed E-state index contributed by atoms with van der Waals surface area (Å²) >= 11 is 0. The number of likely N-dealkylation sites (tertiary alicyclic amines) is 1. The number of aliphatic hydroxyl groups is 1. The molecular weight excluding hydrogens is 580 g/mol. The number of ether oxygens (including phenoxy) is 1. The van der Waals surface area contributed by atoms with E-state index in [2.05, 4.69) is 10.7 Å². The number of carbonyl (C=O) groups is 2. The van der Waals surface area contributed by atoms with Crippen LogP contribution in [-0.4, -0.2) is 85.6 Å². The molecule has 2 aliphatic rings. The van der Waals surface area contributed by atoms with Crippen LogP contribution in [-0.2, 0) is 32.3 Å². The zero-order valence-corrected chi connectivity index (χ0v) is 27.2. The van der Waals surface area contributed by atoms with Gasteiger partial charge in [-0.3, -0.25) is 25.2 Å². The smallest absolute Gasteiger partial charge is 0.252 e. The Hall–Kier alpha value is -2.99. The second kappa shape index (κ2) is 15.3. The molecule has 1 fully saturated rings. The molecule has 2 aromatic rings. The van der Waals surface area contributed by atoms with Crippen LogP contribution in [0.4, 0.5) is 0 Å². The van der Waals surface area contributed by atoms with Crippen LogP contribution in [0, 0.1) is 11.8 Å². The molecule has 0 aliphatic carbocycles. The quantitative estimate of drug-likeness (QED) is 0.273. The van der Waals surface area contributed by atoms with Crippen LogP contribution in [0.1, 0.15) is 58.1 Å². The molecule has 2 amide bonds. The van der Waals surface area contributed by atoms with Crippen LogP contribution < -0.4 is 15.5 Å². The monoisotopic (exact) mass is 628 g/mol. The molecule has 4 rings (SSSR count). The number of carbonyl (C=O) groups excluding carboxylic acids is 2. The van der Waals surface area contributed by atoms with Gasteiger partial charge in [-0.2, -0.15) is 0 Å². The number of rotatable bonds is 14. The molecule has 0 bridgehead atoms. The van der Waals surface area contributed by atoms with Gasteiger partial charge in [0.2, 0.25) is 5.91 Å². The maximum absolute atomic E-state index is 13.8. The molecular formula is C33H48N4O6S. The topological polar surface area (TPSA) is 128 Å². The molecule has 44 heavy (non-hydrogen) atoms. The third kappa shape index (κ3) is 8.80. The van der Waals surface area contributed by atoms with Crippen molar-refractivity contribution in [3.05, 3.63) is 59.7 Å². The van der Waals surface area contributed by atoms with Gasteiger partial charge in [0.25, 0.3) is 5.91 Å². The van der Waals surface area contributed by atoms with Crippen LogP contribution in [0.5, 0.6) is 5.75 Å². The van der Waals surface area contributed by atoms with Crippen molar-refractivity contribution in [3.8, 4) is 5.75 Å². The molecule has 2 aromatic carbocycles. The van der Waals surface area contributed by atoms with Gasteiger partial charge >= 0.3 is 0 Å². The van der Waals surface area contributed by atoms with Gasteiger partial charge in [-0.05, 0) is 73.5 Å². The molecule has 2 aliphatic heterocycles. The summed E-state index contributed by atoms with van der Waals surface area (Å²) in [6, 6.07) is 13.6. The van der Waals surface area contributed by atoms with Gasteiger partial charge < -0.3 is 9.84 Å². The Labute approximate surface area is 262 Å². The summed E-state index contributed by atoms with van der Waals surface area (Å²) in [5.74, 6) is -0.201. The van der Waals surface area contributed by atoms with E-state index in [1.165, 1.54) is 5.01 Å². The highest BCUT2D eigenvalue weighted by atomic mass is 32.2. The fourth-order valence-corrected chi connectivity index (χ4v) is 7.80. The van der Waals surface area contributed by atoms with E-state index in [9.17, 15) is 23.1 Å². The Morgan fingerprint density at radius 1 is 1.05 bits per heavy atom. The minimum absolute atomic E-state index is 0.0290. The number of nitrogens with zero attached hydrogens (tertiary/aromatic N) is 2. The largest absolute Gasteiger partial charge is 0.493 e. The lowest BCUT2D eigenvalue weighted by Gasteiger charge is -2.36. The number of sulfone groups is 1. The van der Waals surface area contributed by atoms with Crippen molar-refractivity contribution in [1.29, 1.82) is 0 Å². The molecule has 1 saturated heterocycles. The lowest BCUT2D eigenvalue weighted by Crippen LogP contribution is -2.60. The normalized spacial score (nSPS) is 17.2. The summed E-state index contributed by atoms with van der Waals surface area (Å²) in [5, 5.41) is 15.1. The molecule has 3 N–H and O–H groups in total. The van der Waals surface area contributed by atoms with E-state index in [4.69, 9.17) is 4.74 Å². The Kier molecular flexibility index (Phi) is 11.8. The molecule has 2 heterocycles. The fraction of sp³-hybridized carbons (Fsp3) is 0.576. The minimum Gasteiger partial charge on any atom is -0.493 e. The maximum Gasteiger partial charge on any atom is 0.252 e. The van der Waals surface area contributed by atoms with Crippen LogP contribution in [0.3, 0.4) is 0 Å². The average molecular weight is 629 g/mol. The standard InChI is InChI=1S/C33H48N4O6S/c1-23(2)18-32(40)37(35-31(39)22-36-15-8-9-16-36)28(19-25-10-6-5-7-11-25)29(38)21-34-33(24(3)4)44(41,42)27-12-13-30-26(20-27)14-17-43-30/h5-7,10-13,20,23-24,28-29,33-34,38H,8-9,14-19,21-22H2,1-4H3,(H,35,39)/t28-,29+,33?/m0/s1. The molecule has 0 aromatic heterocycles. The number of hydrazine groups is 1. The van der Waals surface area contributed by atoms with E-state index in [1.54, 1.807) is 18.2 Å². The average Bonchev–Trinajstić information content (AvgIpc) is 3.66. The van der Waals surface area contributed by atoms with E-state index < -0.39 is 27.4 Å². The number of amides is 2. The molecule has 0 spiro atoms. The van der Waals surface area contributed by atoms with Crippen molar-refractivity contribution < 1.29 is 27.9 Å². The highest BCUT2D eigenvalue weighted by Crippen LogP contribution is 2.30. The summed E-state index contributed by atoms with van der Waals surface area (Å²) in [7, 11) is -3.82. The molecule has 11 heteroatoms. The number of hydrogen-bond acceptors (Lipinski definition) is 8. The second-order valence-corrected chi connectivity index (χ2v) is 14.8. The number of aliphatic hydroxyl groups excluding tert-OH is 1. The van der Waals surface area contributed by atoms with Crippen molar-refractivity contribution in [3.63, 3.8) is 0 Å². The van der Waals surface area contributed by atoms with E-state index in [0.717, 1.165) is 37.1 Å². The van der Waals surface area contributed by atoms with E-state index >= 15 is 0 Å². The van der Waals surface area contributed by atoms with Crippen molar-refractivity contribution in [2.45, 2.75) is 82.2 Å². The second-order valence-electron chi connectivity index (χ2n) is 12.7. The number of hydrogen-bond donors (Lipinski definition) is 3. The van der Waals surface area contributed by atoms with Gasteiger partial charge in [-0.25, -0.2) is 13.4 Å². The Morgan fingerprint density at radius 3 is 2.41 bits per heavy atom. The van der Waals surface area contributed by atoms with Crippen molar-refractivity contribution in [2.24, 2.45) is 11.8 Å². The number of nitrogens with one attached hydrogen (secondary N) is 2. The van der Waals surface area contributed by atoms with Crippen LogP contribution in [0.2, 0.25) is 0 Å². The number of fused-ring (bicyclic) bond motifs is 1. The van der Waals surface area contributed by atoms with Gasteiger partial charge in [0.15, 0.2) is 9.84 Å². The van der Waals surface area contributed by atoms with Gasteiger partial charge in [0.05, 0.1) is 30.2 Å². The van der Waals surface area contributed by atoms with Crippen LogP contribution in [0.15, 0.2) is 53.4 Å². The lowest BCUT2D eigenvalue weighted by atomic mass is 9.99. The summed E-state index contributed by atoms with van der Waals surface area (Å²) in [5.41, 5.74) is 4.56. The van der Waals surface area contributed by atoms with Crippen molar-refractivity contribution >= 4 is 21.7 Å². The van der Waals surface area contributed by atoms with Gasteiger partial charge in [0, 0.05) is 19.4 Å². The highest BCUT2D eigenvalue weighted by molar-refractivity contribution is 7.92. The predicted molar refractivity (Wildman–Crippen MR) is 170 cm³/mol. The van der Waals surface area contributed by atoms with Gasteiger partial charge in [0.1, 0.15) is 11.1 Å². The first kappa shape index (κ1) is 33.9. The molecule has 242 valence electrons. The molecule has 0 saturated carbocycles.